The Morgan fingerprint density at radius 3 is 3.00 bits per heavy atom. The molecule has 0 saturated carbocycles. The van der Waals surface area contributed by atoms with E-state index in [1.807, 2.05) is 0 Å². The average molecular weight is 226 g/mol. The third-order valence-corrected chi connectivity index (χ3v) is 2.26. The van der Waals surface area contributed by atoms with E-state index in [2.05, 4.69) is 4.98 Å². The minimum absolute atomic E-state index is 0.00441. The van der Waals surface area contributed by atoms with Crippen LogP contribution in [0.25, 0.3) is 11.1 Å². The summed E-state index contributed by atoms with van der Waals surface area (Å²) in [5, 5.41) is 9.00. The number of aliphatic carboxylic acids is 1. The molecule has 2 rings (SSSR count). The molecule has 1 aromatic carbocycles. The van der Waals surface area contributed by atoms with Crippen molar-refractivity contribution in [1.29, 1.82) is 0 Å². The van der Waals surface area contributed by atoms with Crippen LogP contribution in [0.4, 0.5) is 0 Å². The van der Waals surface area contributed by atoms with Gasteiger partial charge in [-0.15, -0.1) is 0 Å². The maximum atomic E-state index is 10.4. The third-order valence-electron chi connectivity index (χ3n) is 1.96. The molecule has 0 atom stereocenters. The molecule has 15 heavy (non-hydrogen) atoms. The Morgan fingerprint density at radius 2 is 2.33 bits per heavy atom. The average Bonchev–Trinajstić information content (AvgIpc) is 2.59. The van der Waals surface area contributed by atoms with Crippen LogP contribution in [-0.2, 0) is 11.2 Å². The van der Waals surface area contributed by atoms with Gasteiger partial charge in [-0.1, -0.05) is 17.7 Å². The van der Waals surface area contributed by atoms with Gasteiger partial charge in [0.25, 0.3) is 0 Å². The fraction of sp³-hybridized carbons (Fsp3) is 0.200. The zero-order valence-electron chi connectivity index (χ0n) is 7.74. The highest BCUT2D eigenvalue weighted by atomic mass is 35.5. The van der Waals surface area contributed by atoms with Gasteiger partial charge in [-0.25, -0.2) is 4.98 Å². The molecule has 1 aromatic heterocycles. The lowest BCUT2D eigenvalue weighted by atomic mass is 10.3. The summed E-state index contributed by atoms with van der Waals surface area (Å²) in [6.45, 7) is 0. The van der Waals surface area contributed by atoms with E-state index in [4.69, 9.17) is 21.1 Å². The molecule has 0 radical (unpaired) electrons. The number of nitrogens with zero attached hydrogens (tertiary/aromatic N) is 1. The molecule has 5 heteroatoms. The molecule has 0 aliphatic carbocycles. The van der Waals surface area contributed by atoms with Gasteiger partial charge >= 0.3 is 5.97 Å². The number of oxazole rings is 1. The Kier molecular flexibility index (Phi) is 2.60. The second-order valence-corrected chi connectivity index (χ2v) is 3.50. The summed E-state index contributed by atoms with van der Waals surface area (Å²) in [4.78, 5) is 14.5. The predicted octanol–water partition coefficient (Wildman–Crippen LogP) is 2.50. The lowest BCUT2D eigenvalue weighted by Crippen LogP contribution is -1.97. The SMILES string of the molecule is O=C(O)CCc1nc2cccc(Cl)c2o1. The first-order valence-electron chi connectivity index (χ1n) is 4.42. The number of carboxylic acids is 1. The molecule has 2 aromatic rings. The second kappa shape index (κ2) is 3.90. The first kappa shape index (κ1) is 9.98. The van der Waals surface area contributed by atoms with Crippen molar-refractivity contribution in [3.05, 3.63) is 29.1 Å². The monoisotopic (exact) mass is 225 g/mol. The number of rotatable bonds is 3. The van der Waals surface area contributed by atoms with Crippen LogP contribution in [-0.4, -0.2) is 16.1 Å². The molecule has 0 aliphatic rings. The van der Waals surface area contributed by atoms with Gasteiger partial charge in [0, 0.05) is 6.42 Å². The van der Waals surface area contributed by atoms with Crippen LogP contribution >= 0.6 is 11.6 Å². The number of hydrogen-bond donors (Lipinski definition) is 1. The number of para-hydroxylation sites is 1. The van der Waals surface area contributed by atoms with Crippen molar-refractivity contribution in [3.8, 4) is 0 Å². The van der Waals surface area contributed by atoms with Crippen LogP contribution < -0.4 is 0 Å². The number of aromatic nitrogens is 1. The molecule has 4 nitrogen and oxygen atoms in total. The highest BCUT2D eigenvalue weighted by Crippen LogP contribution is 2.24. The zero-order valence-corrected chi connectivity index (χ0v) is 8.49. The number of hydrogen-bond acceptors (Lipinski definition) is 3. The molecule has 0 bridgehead atoms. The number of benzene rings is 1. The molecule has 78 valence electrons. The smallest absolute Gasteiger partial charge is 0.303 e. The van der Waals surface area contributed by atoms with Crippen LogP contribution in [0.2, 0.25) is 5.02 Å². The fourth-order valence-electron chi connectivity index (χ4n) is 1.28. The van der Waals surface area contributed by atoms with Gasteiger partial charge < -0.3 is 9.52 Å². The minimum Gasteiger partial charge on any atom is -0.481 e. The second-order valence-electron chi connectivity index (χ2n) is 3.09. The quantitative estimate of drug-likeness (QED) is 0.872. The van der Waals surface area contributed by atoms with Gasteiger partial charge in [0.2, 0.25) is 0 Å². The summed E-state index contributed by atoms with van der Waals surface area (Å²) in [7, 11) is 0. The summed E-state index contributed by atoms with van der Waals surface area (Å²) >= 11 is 5.88. The molecule has 0 spiro atoms. The van der Waals surface area contributed by atoms with Crippen molar-refractivity contribution >= 4 is 28.7 Å². The van der Waals surface area contributed by atoms with E-state index >= 15 is 0 Å². The number of halogens is 1. The molecule has 0 saturated heterocycles. The van der Waals surface area contributed by atoms with Gasteiger partial charge in [-0.05, 0) is 12.1 Å². The highest BCUT2D eigenvalue weighted by Gasteiger charge is 2.09. The molecule has 1 N–H and O–H groups in total. The van der Waals surface area contributed by atoms with E-state index in [-0.39, 0.29) is 12.8 Å². The van der Waals surface area contributed by atoms with Gasteiger partial charge in [-0.2, -0.15) is 0 Å². The number of fused-ring (bicyclic) bond motifs is 1. The number of aryl methyl sites for hydroxylation is 1. The Morgan fingerprint density at radius 1 is 1.53 bits per heavy atom. The van der Waals surface area contributed by atoms with Crippen LogP contribution in [0.1, 0.15) is 12.3 Å². The highest BCUT2D eigenvalue weighted by molar-refractivity contribution is 6.34. The van der Waals surface area contributed by atoms with Crippen LogP contribution in [0, 0.1) is 0 Å². The molecule has 0 aliphatic heterocycles. The Balaban J connectivity index is 2.31. The van der Waals surface area contributed by atoms with Crippen molar-refractivity contribution in [1.82, 2.24) is 4.98 Å². The molecule has 0 unspecified atom stereocenters. The maximum absolute atomic E-state index is 10.4. The largest absolute Gasteiger partial charge is 0.481 e. The van der Waals surface area contributed by atoms with Crippen LogP contribution in [0.5, 0.6) is 0 Å². The summed E-state index contributed by atoms with van der Waals surface area (Å²) in [5.41, 5.74) is 1.17. The third kappa shape index (κ3) is 2.10. The van der Waals surface area contributed by atoms with Crippen molar-refractivity contribution in [3.63, 3.8) is 0 Å². The van der Waals surface area contributed by atoms with E-state index in [9.17, 15) is 4.79 Å². The zero-order chi connectivity index (χ0) is 10.8. The summed E-state index contributed by atoms with van der Waals surface area (Å²) < 4.78 is 5.34. The summed E-state index contributed by atoms with van der Waals surface area (Å²) in [6.07, 6.45) is 0.283. The fourth-order valence-corrected chi connectivity index (χ4v) is 1.49. The molecule has 0 fully saturated rings. The number of carboxylic acid groups (broad SMARTS) is 1. The standard InChI is InChI=1S/C10H8ClNO3/c11-6-2-1-3-7-10(6)15-8(12-7)4-5-9(13)14/h1-3H,4-5H2,(H,13,14). The van der Waals surface area contributed by atoms with Crippen molar-refractivity contribution in [2.75, 3.05) is 0 Å². The lowest BCUT2D eigenvalue weighted by molar-refractivity contribution is -0.137. The van der Waals surface area contributed by atoms with Crippen molar-refractivity contribution in [2.45, 2.75) is 12.8 Å². The first-order valence-corrected chi connectivity index (χ1v) is 4.80. The minimum atomic E-state index is -0.872. The molecule has 0 amide bonds. The van der Waals surface area contributed by atoms with Gasteiger partial charge in [0.05, 0.1) is 11.4 Å². The Hall–Kier alpha value is -1.55. The van der Waals surface area contributed by atoms with Crippen LogP contribution in [0.3, 0.4) is 0 Å². The van der Waals surface area contributed by atoms with E-state index in [1.165, 1.54) is 0 Å². The summed E-state index contributed by atoms with van der Waals surface area (Å²) in [5.74, 6) is -0.469. The summed E-state index contributed by atoms with van der Waals surface area (Å²) in [6, 6.07) is 5.25. The maximum Gasteiger partial charge on any atom is 0.303 e. The molecule has 1 heterocycles. The van der Waals surface area contributed by atoms with E-state index in [1.54, 1.807) is 18.2 Å². The van der Waals surface area contributed by atoms with Crippen molar-refractivity contribution in [2.24, 2.45) is 0 Å². The van der Waals surface area contributed by atoms with Gasteiger partial charge in [-0.3, -0.25) is 4.79 Å². The van der Waals surface area contributed by atoms with E-state index in [0.29, 0.717) is 22.0 Å². The normalized spacial score (nSPS) is 10.7. The predicted molar refractivity (Wildman–Crippen MR) is 55.0 cm³/mol. The van der Waals surface area contributed by atoms with E-state index in [0.717, 1.165) is 0 Å². The first-order chi connectivity index (χ1) is 7.16. The van der Waals surface area contributed by atoms with E-state index < -0.39 is 5.97 Å². The Labute approximate surface area is 90.5 Å². The van der Waals surface area contributed by atoms with Gasteiger partial charge in [0.1, 0.15) is 5.52 Å². The molecular weight excluding hydrogens is 218 g/mol. The topological polar surface area (TPSA) is 63.3 Å². The van der Waals surface area contributed by atoms with Crippen molar-refractivity contribution < 1.29 is 14.3 Å². The van der Waals surface area contributed by atoms with Crippen LogP contribution in [0.15, 0.2) is 22.6 Å². The Bertz CT molecular complexity index is 506. The van der Waals surface area contributed by atoms with Gasteiger partial charge in [0.15, 0.2) is 11.5 Å². The molecular formula is C10H8ClNO3. The number of carbonyl (C=O) groups is 1. The lowest BCUT2D eigenvalue weighted by Gasteiger charge is -1.89.